The number of halogens is 1. The van der Waals surface area contributed by atoms with Gasteiger partial charge in [0, 0.05) is 32.0 Å². The first-order valence-electron chi connectivity index (χ1n) is 11.7. The number of carbonyl (C=O) groups is 2. The van der Waals surface area contributed by atoms with Crippen LogP contribution in [0.15, 0.2) is 71.2 Å². The van der Waals surface area contributed by atoms with Crippen LogP contribution in [0.3, 0.4) is 0 Å². The van der Waals surface area contributed by atoms with E-state index in [1.54, 1.807) is 41.0 Å². The molecular weight excluding hydrogens is 552 g/mol. The number of pyridine rings is 1. The molecule has 1 aromatic carbocycles. The van der Waals surface area contributed by atoms with E-state index in [0.29, 0.717) is 42.1 Å². The number of hydroxylamine groups is 1. The molecule has 13 heteroatoms. The maximum atomic E-state index is 13.9. The minimum absolute atomic E-state index is 0. The number of ether oxygens (including phenoxy) is 1. The highest BCUT2D eigenvalue weighted by molar-refractivity contribution is 7.89. The zero-order valence-electron chi connectivity index (χ0n) is 20.6. The van der Waals surface area contributed by atoms with Gasteiger partial charge in [-0.05, 0) is 72.2 Å². The Kier molecular flexibility index (Phi) is 10.2. The van der Waals surface area contributed by atoms with Crippen LogP contribution in [0.25, 0.3) is 0 Å². The van der Waals surface area contributed by atoms with E-state index in [1.807, 2.05) is 11.4 Å². The van der Waals surface area contributed by atoms with Crippen LogP contribution in [-0.2, 0) is 21.4 Å². The summed E-state index contributed by atoms with van der Waals surface area (Å²) in [6.45, 7) is 0.619. The fraction of sp³-hybridized carbons (Fsp3) is 0.320. The summed E-state index contributed by atoms with van der Waals surface area (Å²) in [5, 5.41) is 11.4. The maximum Gasteiger partial charge on any atom is 0.263 e. The topological polar surface area (TPSA) is 129 Å². The molecule has 10 nitrogen and oxygen atoms in total. The lowest BCUT2D eigenvalue weighted by molar-refractivity contribution is -0.135. The van der Waals surface area contributed by atoms with Gasteiger partial charge in [-0.1, -0.05) is 6.07 Å². The van der Waals surface area contributed by atoms with Crippen LogP contribution in [0.2, 0.25) is 0 Å². The largest absolute Gasteiger partial charge is 0.497 e. The molecule has 1 fully saturated rings. The Morgan fingerprint density at radius 3 is 2.37 bits per heavy atom. The summed E-state index contributed by atoms with van der Waals surface area (Å²) >= 11 is 1.36. The van der Waals surface area contributed by atoms with Gasteiger partial charge >= 0.3 is 0 Å². The third-order valence-corrected chi connectivity index (χ3v) is 9.15. The minimum atomic E-state index is -4.19. The van der Waals surface area contributed by atoms with Gasteiger partial charge in [0.1, 0.15) is 11.8 Å². The molecule has 2 amide bonds. The second-order valence-corrected chi connectivity index (χ2v) is 11.4. The highest BCUT2D eigenvalue weighted by Gasteiger charge is 2.42. The molecule has 1 saturated heterocycles. The predicted octanol–water partition coefficient (Wildman–Crippen LogP) is 3.19. The molecule has 3 aromatic rings. The second-order valence-electron chi connectivity index (χ2n) is 8.61. The van der Waals surface area contributed by atoms with Gasteiger partial charge < -0.3 is 9.64 Å². The number of nitrogens with zero attached hydrogens (tertiary/aromatic N) is 3. The van der Waals surface area contributed by atoms with Crippen LogP contribution < -0.4 is 10.2 Å². The summed E-state index contributed by atoms with van der Waals surface area (Å²) in [6, 6.07) is 11.6. The predicted molar refractivity (Wildman–Crippen MR) is 144 cm³/mol. The van der Waals surface area contributed by atoms with E-state index < -0.39 is 27.9 Å². The second kappa shape index (κ2) is 13.2. The number of nitrogens with one attached hydrogen (secondary N) is 1. The summed E-state index contributed by atoms with van der Waals surface area (Å²) in [5.74, 6) is -0.855. The Morgan fingerprint density at radius 2 is 1.82 bits per heavy atom. The smallest absolute Gasteiger partial charge is 0.263 e. The van der Waals surface area contributed by atoms with Crippen molar-refractivity contribution < 1.29 is 28.0 Å². The van der Waals surface area contributed by atoms with E-state index in [1.165, 1.54) is 42.7 Å². The van der Waals surface area contributed by atoms with Crippen LogP contribution in [0.5, 0.6) is 5.75 Å². The van der Waals surface area contributed by atoms with Crippen molar-refractivity contribution in [3.05, 3.63) is 76.7 Å². The van der Waals surface area contributed by atoms with Gasteiger partial charge in [-0.3, -0.25) is 19.8 Å². The van der Waals surface area contributed by atoms with Gasteiger partial charge in [-0.2, -0.15) is 4.31 Å². The zero-order chi connectivity index (χ0) is 26.4. The molecule has 1 aliphatic rings. The van der Waals surface area contributed by atoms with Gasteiger partial charge in [0.15, 0.2) is 0 Å². The number of thiophene rings is 1. The summed E-state index contributed by atoms with van der Waals surface area (Å²) in [7, 11) is -2.70. The standard InChI is InChI=1S/C25H28N4O6S2.ClH/c1-35-20-4-6-21(7-5-20)37(33,34)29(17-18-8-12-26-13-9-18)23(24(30)27-32)19-10-14-28(15-11-19)25(31)22-3-2-16-36-22;/h2-9,12-13,16,19,23,32H,10-11,14-15,17H2,1H3,(H,27,30);1H/t23-;/m1./s1. The molecule has 0 unspecified atom stereocenters. The molecular formula is C25H29ClN4O6S2. The lowest BCUT2D eigenvalue weighted by atomic mass is 9.88. The van der Waals surface area contributed by atoms with Crippen molar-refractivity contribution in [1.29, 1.82) is 0 Å². The van der Waals surface area contributed by atoms with Gasteiger partial charge in [0.2, 0.25) is 10.0 Å². The highest BCUT2D eigenvalue weighted by atomic mass is 35.5. The van der Waals surface area contributed by atoms with Crippen LogP contribution in [-0.4, -0.2) is 65.9 Å². The first kappa shape index (κ1) is 29.5. The highest BCUT2D eigenvalue weighted by Crippen LogP contribution is 2.31. The molecule has 3 heterocycles. The molecule has 1 aliphatic heterocycles. The molecule has 0 bridgehead atoms. The van der Waals surface area contributed by atoms with Gasteiger partial charge in [-0.15, -0.1) is 23.7 Å². The molecule has 0 spiro atoms. The number of likely N-dealkylation sites (tertiary alicyclic amines) is 1. The molecule has 0 radical (unpaired) electrons. The number of piperidine rings is 1. The first-order chi connectivity index (χ1) is 17.8. The third-order valence-electron chi connectivity index (χ3n) is 6.45. The fourth-order valence-corrected chi connectivity index (χ4v) is 6.83. The number of hydrogen-bond donors (Lipinski definition) is 2. The van der Waals surface area contributed by atoms with Gasteiger partial charge in [0.25, 0.3) is 11.8 Å². The molecule has 2 N–H and O–H groups in total. The summed E-state index contributed by atoms with van der Waals surface area (Å²) < 4.78 is 34.1. The normalized spacial score (nSPS) is 15.0. The van der Waals surface area contributed by atoms with Crippen LogP contribution in [0.1, 0.15) is 28.1 Å². The lowest BCUT2D eigenvalue weighted by Crippen LogP contribution is -2.54. The maximum absolute atomic E-state index is 13.9. The Balaban J connectivity index is 0.00000400. The van der Waals surface area contributed by atoms with Gasteiger partial charge in [0.05, 0.1) is 16.9 Å². The summed E-state index contributed by atoms with van der Waals surface area (Å²) in [4.78, 5) is 32.2. The Labute approximate surface area is 231 Å². The van der Waals surface area contributed by atoms with Gasteiger partial charge in [-0.25, -0.2) is 13.9 Å². The molecule has 0 saturated carbocycles. The van der Waals surface area contributed by atoms with Crippen molar-refractivity contribution in [2.75, 3.05) is 20.2 Å². The third kappa shape index (κ3) is 6.51. The molecule has 0 aliphatic carbocycles. The number of benzene rings is 1. The molecule has 38 heavy (non-hydrogen) atoms. The van der Waals surface area contributed by atoms with Crippen LogP contribution in [0.4, 0.5) is 0 Å². The zero-order valence-corrected chi connectivity index (χ0v) is 23.0. The van der Waals surface area contributed by atoms with Crippen molar-refractivity contribution in [1.82, 2.24) is 19.7 Å². The number of hydrogen-bond acceptors (Lipinski definition) is 8. The number of rotatable bonds is 9. The monoisotopic (exact) mass is 580 g/mol. The van der Waals surface area contributed by atoms with Crippen molar-refractivity contribution in [2.24, 2.45) is 5.92 Å². The fourth-order valence-electron chi connectivity index (χ4n) is 4.50. The molecule has 1 atom stereocenters. The quantitative estimate of drug-likeness (QED) is 0.294. The Morgan fingerprint density at radius 1 is 1.16 bits per heavy atom. The number of amides is 2. The first-order valence-corrected chi connectivity index (χ1v) is 14.0. The van der Waals surface area contributed by atoms with Crippen molar-refractivity contribution in [2.45, 2.75) is 30.3 Å². The summed E-state index contributed by atoms with van der Waals surface area (Å²) in [5.41, 5.74) is 2.30. The molecule has 4 rings (SSSR count). The number of aromatic nitrogens is 1. The molecule has 204 valence electrons. The van der Waals surface area contributed by atoms with Crippen LogP contribution in [0, 0.1) is 5.92 Å². The number of sulfonamides is 1. The van der Waals surface area contributed by atoms with Crippen LogP contribution >= 0.6 is 23.7 Å². The minimum Gasteiger partial charge on any atom is -0.497 e. The average molecular weight is 581 g/mol. The Hall–Kier alpha value is -3.03. The van der Waals surface area contributed by atoms with E-state index in [0.717, 1.165) is 4.31 Å². The molecule has 2 aromatic heterocycles. The van der Waals surface area contributed by atoms with E-state index in [2.05, 4.69) is 4.98 Å². The number of methoxy groups -OCH3 is 1. The van der Waals surface area contributed by atoms with E-state index in [9.17, 15) is 23.2 Å². The van der Waals surface area contributed by atoms with Crippen molar-refractivity contribution in [3.63, 3.8) is 0 Å². The van der Waals surface area contributed by atoms with E-state index >= 15 is 0 Å². The SMILES string of the molecule is COc1ccc(S(=O)(=O)N(Cc2ccncc2)[C@@H](C(=O)NO)C2CCN(C(=O)c3cccs3)CC2)cc1.Cl. The van der Waals surface area contributed by atoms with Crippen molar-refractivity contribution in [3.8, 4) is 5.75 Å². The van der Waals surface area contributed by atoms with E-state index in [-0.39, 0.29) is 29.8 Å². The number of carbonyl (C=O) groups excluding carboxylic acids is 2. The summed E-state index contributed by atoms with van der Waals surface area (Å²) in [6.07, 6.45) is 3.87. The van der Waals surface area contributed by atoms with E-state index in [4.69, 9.17) is 4.74 Å². The Bertz CT molecular complexity index is 1300. The lowest BCUT2D eigenvalue weighted by Gasteiger charge is -2.39. The van der Waals surface area contributed by atoms with Crippen molar-refractivity contribution >= 4 is 45.6 Å². The average Bonchev–Trinajstić information content (AvgIpc) is 3.48.